The van der Waals surface area contributed by atoms with Crippen molar-refractivity contribution in [3.8, 4) is 5.75 Å². The van der Waals surface area contributed by atoms with Crippen LogP contribution in [0.1, 0.15) is 32.1 Å². The Bertz CT molecular complexity index is 661. The highest BCUT2D eigenvalue weighted by molar-refractivity contribution is 5.67. The third-order valence-corrected chi connectivity index (χ3v) is 6.21. The lowest BCUT2D eigenvalue weighted by Crippen LogP contribution is -2.19. The molecular formula is C23H32O6. The zero-order chi connectivity index (χ0) is 20.6. The maximum atomic E-state index is 10.5. The van der Waals surface area contributed by atoms with Crippen molar-refractivity contribution in [3.63, 3.8) is 0 Å². The van der Waals surface area contributed by atoms with Gasteiger partial charge in [-0.15, -0.1) is 0 Å². The van der Waals surface area contributed by atoms with E-state index in [1.54, 1.807) is 6.08 Å². The van der Waals surface area contributed by atoms with E-state index in [1.807, 2.05) is 36.4 Å². The number of benzene rings is 1. The van der Waals surface area contributed by atoms with Crippen molar-refractivity contribution in [1.29, 1.82) is 0 Å². The molecule has 2 aliphatic rings. The number of carboxylic acid groups (broad SMARTS) is 1. The van der Waals surface area contributed by atoms with Gasteiger partial charge in [-0.1, -0.05) is 30.4 Å². The SMILES string of the molecule is O=C(O)COCCC1C[C@H]2C[C@H](O)[C@@H](C=CC(O)CCOc3ccccc3)[C@@H]2C1. The number of para-hydroxylation sites is 1. The minimum Gasteiger partial charge on any atom is -0.493 e. The minimum absolute atomic E-state index is 0.0784. The standard InChI is InChI=1S/C23H32O6/c24-18(9-11-29-19-4-2-1-3-5-19)6-7-20-21-13-16(8-10-28-15-23(26)27)12-17(21)14-22(20)25/h1-7,16-18,20-22,24-25H,8-15H2,(H,26,27)/t16?,17-,18?,20-,21+,22-/m0/s1. The van der Waals surface area contributed by atoms with Gasteiger partial charge in [-0.25, -0.2) is 4.79 Å². The van der Waals surface area contributed by atoms with Gasteiger partial charge in [0.05, 0.1) is 18.8 Å². The molecule has 0 amide bonds. The molecule has 3 N–H and O–H groups in total. The van der Waals surface area contributed by atoms with Crippen LogP contribution in [0.2, 0.25) is 0 Å². The number of aliphatic carboxylic acids is 1. The highest BCUT2D eigenvalue weighted by atomic mass is 16.5. The van der Waals surface area contributed by atoms with Crippen LogP contribution < -0.4 is 4.74 Å². The van der Waals surface area contributed by atoms with E-state index in [4.69, 9.17) is 14.6 Å². The summed E-state index contributed by atoms with van der Waals surface area (Å²) in [6.45, 7) is 0.669. The van der Waals surface area contributed by atoms with E-state index in [0.29, 0.717) is 37.4 Å². The lowest BCUT2D eigenvalue weighted by atomic mass is 9.89. The number of hydrogen-bond acceptors (Lipinski definition) is 5. The molecule has 6 heteroatoms. The first kappa shape index (κ1) is 21.8. The molecule has 0 spiro atoms. The summed E-state index contributed by atoms with van der Waals surface area (Å²) in [5.74, 6) is 1.39. The summed E-state index contributed by atoms with van der Waals surface area (Å²) in [6, 6.07) is 9.54. The molecule has 1 aromatic rings. The van der Waals surface area contributed by atoms with Gasteiger partial charge in [0.25, 0.3) is 0 Å². The molecule has 0 aliphatic heterocycles. The molecular weight excluding hydrogens is 372 g/mol. The lowest BCUT2D eigenvalue weighted by Gasteiger charge is -2.19. The molecule has 2 saturated carbocycles. The topological polar surface area (TPSA) is 96.2 Å². The fourth-order valence-electron chi connectivity index (χ4n) is 4.85. The number of ether oxygens (including phenoxy) is 2. The zero-order valence-electron chi connectivity index (χ0n) is 16.7. The van der Waals surface area contributed by atoms with Crippen molar-refractivity contribution in [2.24, 2.45) is 23.7 Å². The Labute approximate surface area is 172 Å². The number of hydrogen-bond donors (Lipinski definition) is 3. The van der Waals surface area contributed by atoms with Gasteiger partial charge in [-0.3, -0.25) is 0 Å². The molecule has 0 bridgehead atoms. The molecule has 0 aromatic heterocycles. The maximum absolute atomic E-state index is 10.5. The average Bonchev–Trinajstić information content (AvgIpc) is 3.21. The van der Waals surface area contributed by atoms with E-state index < -0.39 is 12.1 Å². The predicted octanol–water partition coefficient (Wildman–Crippen LogP) is 2.89. The van der Waals surface area contributed by atoms with Crippen molar-refractivity contribution < 1.29 is 29.6 Å². The van der Waals surface area contributed by atoms with Crippen LogP contribution in [0.15, 0.2) is 42.5 Å². The summed E-state index contributed by atoms with van der Waals surface area (Å²) in [7, 11) is 0. The Kier molecular flexibility index (Phi) is 8.09. The first-order chi connectivity index (χ1) is 14.0. The van der Waals surface area contributed by atoms with Gasteiger partial charge in [0, 0.05) is 18.9 Å². The summed E-state index contributed by atoms with van der Waals surface area (Å²) < 4.78 is 10.8. The lowest BCUT2D eigenvalue weighted by molar-refractivity contribution is -0.142. The second-order valence-corrected chi connectivity index (χ2v) is 8.28. The van der Waals surface area contributed by atoms with Crippen molar-refractivity contribution in [1.82, 2.24) is 0 Å². The van der Waals surface area contributed by atoms with Crippen LogP contribution in [0, 0.1) is 23.7 Å². The normalized spacial score (nSPS) is 29.8. The third-order valence-electron chi connectivity index (χ3n) is 6.21. The number of carboxylic acids is 1. The van der Waals surface area contributed by atoms with Gasteiger partial charge in [0.1, 0.15) is 12.4 Å². The molecule has 160 valence electrons. The Morgan fingerprint density at radius 2 is 1.97 bits per heavy atom. The first-order valence-electron chi connectivity index (χ1n) is 10.5. The van der Waals surface area contributed by atoms with Crippen LogP contribution in [0.4, 0.5) is 0 Å². The molecule has 29 heavy (non-hydrogen) atoms. The van der Waals surface area contributed by atoms with Gasteiger partial charge in [0.2, 0.25) is 0 Å². The van der Waals surface area contributed by atoms with Crippen LogP contribution in [0.3, 0.4) is 0 Å². The molecule has 6 nitrogen and oxygen atoms in total. The summed E-state index contributed by atoms with van der Waals surface area (Å²) in [4.78, 5) is 10.5. The van der Waals surface area contributed by atoms with E-state index >= 15 is 0 Å². The van der Waals surface area contributed by atoms with Crippen molar-refractivity contribution in [2.45, 2.75) is 44.3 Å². The summed E-state index contributed by atoms with van der Waals surface area (Å²) in [5, 5.41) is 29.3. The largest absolute Gasteiger partial charge is 0.493 e. The maximum Gasteiger partial charge on any atom is 0.329 e. The Morgan fingerprint density at radius 3 is 2.72 bits per heavy atom. The van der Waals surface area contributed by atoms with E-state index in [0.717, 1.165) is 31.4 Å². The Hall–Kier alpha value is -1.89. The Morgan fingerprint density at radius 1 is 1.17 bits per heavy atom. The molecule has 2 unspecified atom stereocenters. The summed E-state index contributed by atoms with van der Waals surface area (Å²) in [6.07, 6.45) is 7.12. The van der Waals surface area contributed by atoms with Crippen LogP contribution in [-0.4, -0.2) is 53.3 Å². The van der Waals surface area contributed by atoms with Crippen LogP contribution in [-0.2, 0) is 9.53 Å². The molecule has 1 aromatic carbocycles. The van der Waals surface area contributed by atoms with Gasteiger partial charge in [-0.2, -0.15) is 0 Å². The number of aliphatic hydroxyl groups is 2. The van der Waals surface area contributed by atoms with E-state index in [9.17, 15) is 15.0 Å². The van der Waals surface area contributed by atoms with Crippen molar-refractivity contribution >= 4 is 5.97 Å². The summed E-state index contributed by atoms with van der Waals surface area (Å²) in [5.41, 5.74) is 0. The molecule has 2 aliphatic carbocycles. The quantitative estimate of drug-likeness (QED) is 0.388. The molecule has 6 atom stereocenters. The molecule has 0 saturated heterocycles. The van der Waals surface area contributed by atoms with Gasteiger partial charge in [-0.05, 0) is 55.6 Å². The highest BCUT2D eigenvalue weighted by Crippen LogP contribution is 2.51. The van der Waals surface area contributed by atoms with Gasteiger partial charge in [0.15, 0.2) is 0 Å². The number of rotatable bonds is 11. The second kappa shape index (κ2) is 10.8. The van der Waals surface area contributed by atoms with Crippen LogP contribution in [0.5, 0.6) is 5.75 Å². The smallest absolute Gasteiger partial charge is 0.329 e. The van der Waals surface area contributed by atoms with E-state index in [1.165, 1.54) is 0 Å². The zero-order valence-corrected chi connectivity index (χ0v) is 16.7. The molecule has 3 rings (SSSR count). The fourth-order valence-corrected chi connectivity index (χ4v) is 4.85. The molecule has 2 fully saturated rings. The highest BCUT2D eigenvalue weighted by Gasteiger charge is 2.46. The van der Waals surface area contributed by atoms with Gasteiger partial charge >= 0.3 is 5.97 Å². The van der Waals surface area contributed by atoms with Gasteiger partial charge < -0.3 is 24.8 Å². The minimum atomic E-state index is -0.936. The molecule has 0 heterocycles. The van der Waals surface area contributed by atoms with Crippen LogP contribution >= 0.6 is 0 Å². The van der Waals surface area contributed by atoms with E-state index in [2.05, 4.69) is 0 Å². The number of fused-ring (bicyclic) bond motifs is 1. The molecule has 0 radical (unpaired) electrons. The van der Waals surface area contributed by atoms with Crippen molar-refractivity contribution in [3.05, 3.63) is 42.5 Å². The van der Waals surface area contributed by atoms with Crippen LogP contribution in [0.25, 0.3) is 0 Å². The predicted molar refractivity (Wildman–Crippen MR) is 109 cm³/mol. The number of aliphatic hydroxyl groups excluding tert-OH is 2. The monoisotopic (exact) mass is 404 g/mol. The summed E-state index contributed by atoms with van der Waals surface area (Å²) >= 11 is 0. The van der Waals surface area contributed by atoms with Crippen molar-refractivity contribution in [2.75, 3.05) is 19.8 Å². The Balaban J connectivity index is 1.40. The van der Waals surface area contributed by atoms with E-state index in [-0.39, 0.29) is 18.6 Å². The fraction of sp³-hybridized carbons (Fsp3) is 0.609. The first-order valence-corrected chi connectivity index (χ1v) is 10.5. The third kappa shape index (κ3) is 6.56. The number of carbonyl (C=O) groups is 1. The second-order valence-electron chi connectivity index (χ2n) is 8.28. The average molecular weight is 405 g/mol.